The normalized spacial score (nSPS) is 12.3. The van der Waals surface area contributed by atoms with E-state index in [0.717, 1.165) is 47.5 Å². The number of hydrogen-bond donors (Lipinski definition) is 1. The average Bonchev–Trinajstić information content (AvgIpc) is 3.11. The minimum atomic E-state index is -2.89. The number of aryl methyl sites for hydroxylation is 2. The molecule has 2 aromatic carbocycles. The van der Waals surface area contributed by atoms with E-state index in [1.807, 2.05) is 49.4 Å². The van der Waals surface area contributed by atoms with Crippen molar-refractivity contribution in [3.63, 3.8) is 0 Å². The molecule has 0 aliphatic rings. The maximum Gasteiger partial charge on any atom is 0.258 e. The van der Waals surface area contributed by atoms with Crippen molar-refractivity contribution in [2.75, 3.05) is 0 Å². The fourth-order valence-electron chi connectivity index (χ4n) is 3.89. The molecule has 3 nitrogen and oxygen atoms in total. The van der Waals surface area contributed by atoms with Gasteiger partial charge < -0.3 is 9.32 Å². The predicted molar refractivity (Wildman–Crippen MR) is 113 cm³/mol. The van der Waals surface area contributed by atoms with Gasteiger partial charge in [0, 0.05) is 12.5 Å². The number of rotatable bonds is 8. The summed E-state index contributed by atoms with van der Waals surface area (Å²) in [5.41, 5.74) is 0.931. The lowest BCUT2D eigenvalue weighted by Gasteiger charge is -2.41. The van der Waals surface area contributed by atoms with E-state index < -0.39 is 8.32 Å². The maximum atomic E-state index is 12.1. The Morgan fingerprint density at radius 3 is 1.96 bits per heavy atom. The molecular weight excluding hydrogens is 350 g/mol. The summed E-state index contributed by atoms with van der Waals surface area (Å²) < 4.78 is 5.31. The second kappa shape index (κ2) is 8.24. The Kier molecular flexibility index (Phi) is 5.97. The SMILES string of the molecule is Cc1cc(CCCCC(C)(C)[Si](O)(c2ccccc2)c2ccccc2)on1. The van der Waals surface area contributed by atoms with Gasteiger partial charge in [0.2, 0.25) is 0 Å². The molecule has 27 heavy (non-hydrogen) atoms. The van der Waals surface area contributed by atoms with Gasteiger partial charge in [-0.2, -0.15) is 0 Å². The molecule has 0 radical (unpaired) electrons. The lowest BCUT2D eigenvalue weighted by molar-refractivity contribution is 0.372. The van der Waals surface area contributed by atoms with Crippen LogP contribution < -0.4 is 10.4 Å². The van der Waals surface area contributed by atoms with Gasteiger partial charge in [0.25, 0.3) is 8.32 Å². The Morgan fingerprint density at radius 2 is 1.48 bits per heavy atom. The highest BCUT2D eigenvalue weighted by molar-refractivity contribution is 6.98. The van der Waals surface area contributed by atoms with Crippen molar-refractivity contribution < 1.29 is 9.32 Å². The molecule has 0 amide bonds. The topological polar surface area (TPSA) is 46.3 Å². The summed E-state index contributed by atoms with van der Waals surface area (Å²) in [6.07, 6.45) is 3.94. The molecule has 0 bridgehead atoms. The third-order valence-corrected chi connectivity index (χ3v) is 10.1. The van der Waals surface area contributed by atoms with E-state index >= 15 is 0 Å². The zero-order valence-corrected chi connectivity index (χ0v) is 17.5. The van der Waals surface area contributed by atoms with Crippen molar-refractivity contribution in [1.82, 2.24) is 5.16 Å². The Morgan fingerprint density at radius 1 is 0.926 bits per heavy atom. The predicted octanol–water partition coefficient (Wildman–Crippen LogP) is 4.23. The van der Waals surface area contributed by atoms with Gasteiger partial charge in [-0.25, -0.2) is 0 Å². The Hall–Kier alpha value is -2.17. The zero-order valence-electron chi connectivity index (χ0n) is 16.5. The van der Waals surface area contributed by atoms with Crippen LogP contribution in [0.3, 0.4) is 0 Å². The second-order valence-corrected chi connectivity index (χ2v) is 11.9. The minimum Gasteiger partial charge on any atom is -0.424 e. The van der Waals surface area contributed by atoms with Crippen molar-refractivity contribution in [2.24, 2.45) is 0 Å². The first-order valence-electron chi connectivity index (χ1n) is 9.69. The van der Waals surface area contributed by atoms with Crippen LogP contribution in [-0.2, 0) is 6.42 Å². The van der Waals surface area contributed by atoms with Crippen molar-refractivity contribution in [1.29, 1.82) is 0 Å². The van der Waals surface area contributed by atoms with Crippen molar-refractivity contribution in [2.45, 2.75) is 51.5 Å². The van der Waals surface area contributed by atoms with Gasteiger partial charge in [-0.1, -0.05) is 86.1 Å². The number of benzene rings is 2. The second-order valence-electron chi connectivity index (χ2n) is 7.97. The van der Waals surface area contributed by atoms with Crippen molar-refractivity contribution in [3.05, 3.63) is 78.2 Å². The van der Waals surface area contributed by atoms with E-state index in [1.54, 1.807) is 0 Å². The lowest BCUT2D eigenvalue weighted by Crippen LogP contribution is -2.65. The fraction of sp³-hybridized carbons (Fsp3) is 0.348. The first kappa shape index (κ1) is 19.6. The van der Waals surface area contributed by atoms with Gasteiger partial charge in [-0.3, -0.25) is 0 Å². The van der Waals surface area contributed by atoms with Gasteiger partial charge in [0.15, 0.2) is 0 Å². The molecule has 0 saturated carbocycles. The van der Waals surface area contributed by atoms with Crippen LogP contribution in [0.5, 0.6) is 0 Å². The molecule has 1 heterocycles. The first-order valence-corrected chi connectivity index (χ1v) is 11.6. The molecule has 3 rings (SSSR count). The molecule has 0 aliphatic carbocycles. The first-order chi connectivity index (χ1) is 12.9. The highest BCUT2D eigenvalue weighted by Gasteiger charge is 2.49. The number of aromatic nitrogens is 1. The highest BCUT2D eigenvalue weighted by atomic mass is 28.4. The van der Waals surface area contributed by atoms with Gasteiger partial charge >= 0.3 is 0 Å². The molecule has 4 heteroatoms. The molecule has 0 aliphatic heterocycles. The van der Waals surface area contributed by atoms with E-state index in [0.29, 0.717) is 0 Å². The minimum absolute atomic E-state index is 0.187. The number of nitrogens with zero attached hydrogens (tertiary/aromatic N) is 1. The Bertz CT molecular complexity index is 804. The van der Waals surface area contributed by atoms with Gasteiger partial charge in [0.1, 0.15) is 5.76 Å². The van der Waals surface area contributed by atoms with Crippen molar-refractivity contribution >= 4 is 18.7 Å². The van der Waals surface area contributed by atoms with E-state index in [2.05, 4.69) is 43.3 Å². The fourth-order valence-corrected chi connectivity index (χ4v) is 7.67. The van der Waals surface area contributed by atoms with Crippen LogP contribution >= 0.6 is 0 Å². The number of hydrogen-bond acceptors (Lipinski definition) is 3. The molecule has 0 spiro atoms. The third kappa shape index (κ3) is 4.23. The third-order valence-electron chi connectivity index (χ3n) is 5.51. The Labute approximate surface area is 163 Å². The van der Waals surface area contributed by atoms with E-state index in [4.69, 9.17) is 4.52 Å². The molecule has 3 aromatic rings. The van der Waals surface area contributed by atoms with Crippen molar-refractivity contribution in [3.8, 4) is 0 Å². The molecule has 0 fully saturated rings. The highest BCUT2D eigenvalue weighted by Crippen LogP contribution is 2.40. The summed E-state index contributed by atoms with van der Waals surface area (Å²) in [6.45, 7) is 6.39. The maximum absolute atomic E-state index is 12.1. The molecule has 142 valence electrons. The smallest absolute Gasteiger partial charge is 0.258 e. The molecule has 0 unspecified atom stereocenters. The molecular formula is C23H29NO2Si. The van der Waals surface area contributed by atoms with Gasteiger partial charge in [0.05, 0.1) is 5.69 Å². The summed E-state index contributed by atoms with van der Waals surface area (Å²) in [6, 6.07) is 22.5. The lowest BCUT2D eigenvalue weighted by atomic mass is 10.0. The summed E-state index contributed by atoms with van der Waals surface area (Å²) in [7, 11) is -2.89. The molecule has 0 atom stereocenters. The standard InChI is InChI=1S/C23H29NO2Si/c1-19-18-20(26-24-19)12-10-11-17-23(2,3)27(25,21-13-6-4-7-14-21)22-15-8-5-9-16-22/h4-9,13-16,18,25H,10-12,17H2,1-3H3. The molecule has 1 N–H and O–H groups in total. The van der Waals surface area contributed by atoms with E-state index in [-0.39, 0.29) is 5.04 Å². The number of unbranched alkanes of at least 4 members (excludes halogenated alkanes) is 1. The average molecular weight is 380 g/mol. The quantitative estimate of drug-likeness (QED) is 0.471. The van der Waals surface area contributed by atoms with Gasteiger partial charge in [-0.05, 0) is 35.2 Å². The van der Waals surface area contributed by atoms with Crippen LogP contribution in [0.15, 0.2) is 71.3 Å². The van der Waals surface area contributed by atoms with Gasteiger partial charge in [-0.15, -0.1) is 0 Å². The van der Waals surface area contributed by atoms with Crippen LogP contribution in [0, 0.1) is 6.92 Å². The summed E-state index contributed by atoms with van der Waals surface area (Å²) in [4.78, 5) is 12.1. The summed E-state index contributed by atoms with van der Waals surface area (Å²) >= 11 is 0. The Balaban J connectivity index is 1.78. The molecule has 1 aromatic heterocycles. The van der Waals surface area contributed by atoms with E-state index in [1.165, 1.54) is 0 Å². The monoisotopic (exact) mass is 379 g/mol. The van der Waals surface area contributed by atoms with Crippen LogP contribution in [0.2, 0.25) is 5.04 Å². The van der Waals surface area contributed by atoms with Crippen LogP contribution in [0.1, 0.15) is 44.6 Å². The summed E-state index contributed by atoms with van der Waals surface area (Å²) in [5.74, 6) is 0.948. The van der Waals surface area contributed by atoms with Crippen LogP contribution in [0.25, 0.3) is 0 Å². The molecule has 0 saturated heterocycles. The largest absolute Gasteiger partial charge is 0.424 e. The van der Waals surface area contributed by atoms with Crippen LogP contribution in [-0.4, -0.2) is 18.3 Å². The zero-order chi connectivity index (χ0) is 19.3. The summed E-state index contributed by atoms with van der Waals surface area (Å²) in [5, 5.41) is 5.92. The van der Waals surface area contributed by atoms with E-state index in [9.17, 15) is 4.80 Å². The van der Waals surface area contributed by atoms with Crippen LogP contribution in [0.4, 0.5) is 0 Å².